The van der Waals surface area contributed by atoms with Gasteiger partial charge in [-0.05, 0) is 32.3 Å². The van der Waals surface area contributed by atoms with E-state index >= 15 is 0 Å². The summed E-state index contributed by atoms with van der Waals surface area (Å²) < 4.78 is 0. The van der Waals surface area contributed by atoms with Gasteiger partial charge in [0.2, 0.25) is 0 Å². The lowest BCUT2D eigenvalue weighted by Crippen LogP contribution is -2.14. The Hall–Kier alpha value is -1.18. The number of hydrogen-bond acceptors (Lipinski definition) is 4. The third-order valence-electron chi connectivity index (χ3n) is 1.92. The number of nitriles is 1. The van der Waals surface area contributed by atoms with E-state index in [0.29, 0.717) is 11.3 Å². The predicted octanol–water partition coefficient (Wildman–Crippen LogP) is 1.79. The molecule has 0 aliphatic rings. The smallest absolute Gasteiger partial charge is 0.100 e. The number of nitrogens with two attached hydrogens (primary N) is 1. The van der Waals surface area contributed by atoms with Gasteiger partial charge in [0.15, 0.2) is 0 Å². The maximum Gasteiger partial charge on any atom is 0.100 e. The van der Waals surface area contributed by atoms with E-state index in [1.54, 1.807) is 17.8 Å². The van der Waals surface area contributed by atoms with E-state index in [0.717, 1.165) is 17.2 Å². The summed E-state index contributed by atoms with van der Waals surface area (Å²) in [4.78, 5) is 3.13. The number of anilines is 1. The first-order chi connectivity index (χ1) is 7.13. The van der Waals surface area contributed by atoms with Gasteiger partial charge in [-0.2, -0.15) is 5.26 Å². The Balaban J connectivity index is 2.65. The number of hydrogen-bond donors (Lipinski definition) is 1. The van der Waals surface area contributed by atoms with Gasteiger partial charge in [-0.15, -0.1) is 11.8 Å². The molecular formula is C11H15N3S. The quantitative estimate of drug-likeness (QED) is 0.622. The Labute approximate surface area is 94.9 Å². The van der Waals surface area contributed by atoms with Crippen molar-refractivity contribution in [1.82, 2.24) is 4.90 Å². The van der Waals surface area contributed by atoms with Crippen LogP contribution in [0.3, 0.4) is 0 Å². The topological polar surface area (TPSA) is 53.0 Å². The van der Waals surface area contributed by atoms with Gasteiger partial charge in [-0.3, -0.25) is 0 Å². The first-order valence-corrected chi connectivity index (χ1v) is 5.69. The van der Waals surface area contributed by atoms with Gasteiger partial charge < -0.3 is 10.6 Å². The third-order valence-corrected chi connectivity index (χ3v) is 2.97. The van der Waals surface area contributed by atoms with Crippen molar-refractivity contribution in [3.63, 3.8) is 0 Å². The molecule has 1 aromatic carbocycles. The van der Waals surface area contributed by atoms with Gasteiger partial charge in [0.05, 0.1) is 5.56 Å². The van der Waals surface area contributed by atoms with E-state index in [1.165, 1.54) is 0 Å². The summed E-state index contributed by atoms with van der Waals surface area (Å²) in [6.07, 6.45) is 0. The van der Waals surface area contributed by atoms with Crippen molar-refractivity contribution in [3.8, 4) is 6.07 Å². The molecule has 1 rings (SSSR count). The maximum atomic E-state index is 8.92. The summed E-state index contributed by atoms with van der Waals surface area (Å²) in [5.74, 6) is 0.978. The molecule has 0 aromatic heterocycles. The van der Waals surface area contributed by atoms with Crippen LogP contribution in [-0.2, 0) is 0 Å². The van der Waals surface area contributed by atoms with Crippen molar-refractivity contribution in [2.75, 3.05) is 32.1 Å². The average Bonchev–Trinajstić information content (AvgIpc) is 2.19. The second kappa shape index (κ2) is 5.64. The molecule has 2 N–H and O–H groups in total. The number of nitrogen functional groups attached to an aromatic ring is 1. The number of thioether (sulfide) groups is 1. The Morgan fingerprint density at radius 2 is 2.20 bits per heavy atom. The van der Waals surface area contributed by atoms with Crippen LogP contribution >= 0.6 is 11.8 Å². The van der Waals surface area contributed by atoms with Crippen LogP contribution in [-0.4, -0.2) is 31.3 Å². The van der Waals surface area contributed by atoms with Crippen LogP contribution in [0.1, 0.15) is 5.56 Å². The molecule has 0 atom stereocenters. The van der Waals surface area contributed by atoms with Crippen molar-refractivity contribution in [2.45, 2.75) is 4.90 Å². The van der Waals surface area contributed by atoms with Crippen molar-refractivity contribution in [3.05, 3.63) is 23.8 Å². The van der Waals surface area contributed by atoms with Crippen LogP contribution in [0.15, 0.2) is 23.1 Å². The van der Waals surface area contributed by atoms with Crippen molar-refractivity contribution < 1.29 is 0 Å². The minimum absolute atomic E-state index is 0.642. The molecule has 0 unspecified atom stereocenters. The zero-order chi connectivity index (χ0) is 11.3. The van der Waals surface area contributed by atoms with Crippen LogP contribution in [0.25, 0.3) is 0 Å². The molecular weight excluding hydrogens is 206 g/mol. The number of rotatable bonds is 4. The summed E-state index contributed by atoms with van der Waals surface area (Å²) in [6.45, 7) is 1.000. The van der Waals surface area contributed by atoms with Gasteiger partial charge in [-0.25, -0.2) is 0 Å². The van der Waals surface area contributed by atoms with E-state index < -0.39 is 0 Å². The van der Waals surface area contributed by atoms with Crippen LogP contribution < -0.4 is 5.73 Å². The van der Waals surface area contributed by atoms with Gasteiger partial charge in [0, 0.05) is 22.9 Å². The first-order valence-electron chi connectivity index (χ1n) is 4.70. The minimum atomic E-state index is 0.642. The molecule has 15 heavy (non-hydrogen) atoms. The average molecular weight is 221 g/mol. The third kappa shape index (κ3) is 3.82. The van der Waals surface area contributed by atoms with Crippen LogP contribution in [0.5, 0.6) is 0 Å². The van der Waals surface area contributed by atoms with Crippen LogP contribution in [0.4, 0.5) is 5.69 Å². The fourth-order valence-electron chi connectivity index (χ4n) is 1.10. The highest BCUT2D eigenvalue weighted by molar-refractivity contribution is 7.99. The summed E-state index contributed by atoms with van der Waals surface area (Å²) in [5, 5.41) is 8.92. The molecule has 0 aliphatic carbocycles. The number of nitrogens with zero attached hydrogens (tertiary/aromatic N) is 2. The second-order valence-electron chi connectivity index (χ2n) is 3.52. The normalized spacial score (nSPS) is 10.3. The van der Waals surface area contributed by atoms with E-state index in [9.17, 15) is 0 Å². The zero-order valence-electron chi connectivity index (χ0n) is 9.03. The molecule has 0 fully saturated rings. The molecule has 0 spiro atoms. The van der Waals surface area contributed by atoms with E-state index in [-0.39, 0.29) is 0 Å². The standard InChI is InChI=1S/C11H15N3S/c1-14(2)5-6-15-11-4-3-10(13)7-9(11)8-12/h3-4,7H,5-6,13H2,1-2H3. The Morgan fingerprint density at radius 3 is 2.80 bits per heavy atom. The summed E-state index contributed by atoms with van der Waals surface area (Å²) in [6, 6.07) is 7.62. The molecule has 4 heteroatoms. The zero-order valence-corrected chi connectivity index (χ0v) is 9.84. The van der Waals surface area contributed by atoms with Gasteiger partial charge in [0.1, 0.15) is 6.07 Å². The fourth-order valence-corrected chi connectivity index (χ4v) is 2.20. The lowest BCUT2D eigenvalue weighted by molar-refractivity contribution is 0.437. The molecule has 0 bridgehead atoms. The second-order valence-corrected chi connectivity index (χ2v) is 4.66. The summed E-state index contributed by atoms with van der Waals surface area (Å²) >= 11 is 1.69. The molecule has 0 aliphatic heterocycles. The molecule has 0 heterocycles. The Kier molecular flexibility index (Phi) is 4.47. The SMILES string of the molecule is CN(C)CCSc1ccc(N)cc1C#N. The Morgan fingerprint density at radius 1 is 1.47 bits per heavy atom. The molecule has 0 saturated heterocycles. The molecule has 3 nitrogen and oxygen atoms in total. The lowest BCUT2D eigenvalue weighted by Gasteiger charge is -2.09. The summed E-state index contributed by atoms with van der Waals surface area (Å²) in [5.41, 5.74) is 6.92. The highest BCUT2D eigenvalue weighted by Crippen LogP contribution is 2.23. The van der Waals surface area contributed by atoms with Crippen LogP contribution in [0.2, 0.25) is 0 Å². The van der Waals surface area contributed by atoms with Crippen LogP contribution in [0, 0.1) is 11.3 Å². The molecule has 0 saturated carbocycles. The van der Waals surface area contributed by atoms with Gasteiger partial charge in [-0.1, -0.05) is 0 Å². The van der Waals surface area contributed by atoms with E-state index in [1.807, 2.05) is 26.2 Å². The predicted molar refractivity (Wildman–Crippen MR) is 64.8 cm³/mol. The van der Waals surface area contributed by atoms with Gasteiger partial charge >= 0.3 is 0 Å². The fraction of sp³-hybridized carbons (Fsp3) is 0.364. The van der Waals surface area contributed by atoms with E-state index in [4.69, 9.17) is 11.0 Å². The minimum Gasteiger partial charge on any atom is -0.399 e. The van der Waals surface area contributed by atoms with E-state index in [2.05, 4.69) is 11.0 Å². The first kappa shape index (κ1) is 11.9. The Bertz CT molecular complexity index is 369. The molecule has 0 amide bonds. The molecule has 0 radical (unpaired) electrons. The van der Waals surface area contributed by atoms with Gasteiger partial charge in [0.25, 0.3) is 0 Å². The van der Waals surface area contributed by atoms with Crippen molar-refractivity contribution >= 4 is 17.4 Å². The highest BCUT2D eigenvalue weighted by Gasteiger charge is 2.03. The monoisotopic (exact) mass is 221 g/mol. The molecule has 1 aromatic rings. The molecule has 80 valence electrons. The van der Waals surface area contributed by atoms with Crippen molar-refractivity contribution in [2.24, 2.45) is 0 Å². The summed E-state index contributed by atoms with van der Waals surface area (Å²) in [7, 11) is 4.07. The number of benzene rings is 1. The maximum absolute atomic E-state index is 8.92. The lowest BCUT2D eigenvalue weighted by atomic mass is 10.2. The highest BCUT2D eigenvalue weighted by atomic mass is 32.2. The largest absolute Gasteiger partial charge is 0.399 e. The van der Waals surface area contributed by atoms with Crippen molar-refractivity contribution in [1.29, 1.82) is 5.26 Å².